The third-order valence-electron chi connectivity index (χ3n) is 3.04. The van der Waals surface area contributed by atoms with Crippen molar-refractivity contribution in [2.75, 3.05) is 33.4 Å². The minimum Gasteiger partial charge on any atom is -0.381 e. The van der Waals surface area contributed by atoms with Crippen molar-refractivity contribution in [3.05, 3.63) is 22.4 Å². The number of ether oxygens (including phenoxy) is 1. The summed E-state index contributed by atoms with van der Waals surface area (Å²) >= 11 is 1.80. The Morgan fingerprint density at radius 1 is 1.32 bits per heavy atom. The Bertz CT molecular complexity index is 396. The molecule has 0 fully saturated rings. The van der Waals surface area contributed by atoms with E-state index in [0.717, 1.165) is 38.7 Å². The van der Waals surface area contributed by atoms with E-state index in [9.17, 15) is 0 Å². The molecule has 1 atom stereocenters. The molecule has 0 bridgehead atoms. The number of nitrogens with zero attached hydrogens (tertiary/aromatic N) is 1. The highest BCUT2D eigenvalue weighted by molar-refractivity contribution is 14.0. The molecule has 1 rings (SSSR count). The molecule has 1 aromatic rings. The quantitative estimate of drug-likeness (QED) is 0.267. The molecule has 6 heteroatoms. The number of thiophene rings is 1. The Balaban J connectivity index is 0.00000441. The molecule has 0 aromatic carbocycles. The molecule has 0 saturated heterocycles. The first-order valence-corrected chi connectivity index (χ1v) is 8.57. The Morgan fingerprint density at radius 2 is 2.09 bits per heavy atom. The summed E-state index contributed by atoms with van der Waals surface area (Å²) in [6, 6.07) is 4.28. The molecule has 22 heavy (non-hydrogen) atoms. The van der Waals surface area contributed by atoms with Gasteiger partial charge in [-0.15, -0.1) is 35.3 Å². The zero-order valence-electron chi connectivity index (χ0n) is 14.1. The van der Waals surface area contributed by atoms with Crippen LogP contribution in [0, 0.1) is 5.92 Å². The molecule has 4 nitrogen and oxygen atoms in total. The van der Waals surface area contributed by atoms with Gasteiger partial charge in [0.2, 0.25) is 0 Å². The lowest BCUT2D eigenvalue weighted by atomic mass is 10.1. The lowest BCUT2D eigenvalue weighted by molar-refractivity contribution is 0.108. The normalized spacial score (nSPS) is 12.9. The second-order valence-electron chi connectivity index (χ2n) is 5.62. The minimum atomic E-state index is 0. The molecule has 0 radical (unpaired) electrons. The van der Waals surface area contributed by atoms with Crippen molar-refractivity contribution in [2.45, 2.75) is 33.1 Å². The Kier molecular flexibility index (Phi) is 12.9. The summed E-state index contributed by atoms with van der Waals surface area (Å²) in [6.45, 7) is 9.97. The van der Waals surface area contributed by atoms with E-state index < -0.39 is 0 Å². The molecule has 2 N–H and O–H groups in total. The molecular formula is C16H30IN3OS. The van der Waals surface area contributed by atoms with Crippen LogP contribution in [-0.4, -0.2) is 39.3 Å². The van der Waals surface area contributed by atoms with Gasteiger partial charge in [0.1, 0.15) is 0 Å². The number of hydrogen-bond donors (Lipinski definition) is 2. The second kappa shape index (κ2) is 13.1. The van der Waals surface area contributed by atoms with E-state index in [1.54, 1.807) is 18.4 Å². The lowest BCUT2D eigenvalue weighted by Crippen LogP contribution is -2.39. The highest BCUT2D eigenvalue weighted by Crippen LogP contribution is 2.19. The van der Waals surface area contributed by atoms with Gasteiger partial charge in [-0.2, -0.15) is 0 Å². The van der Waals surface area contributed by atoms with Crippen molar-refractivity contribution >= 4 is 41.3 Å². The predicted molar refractivity (Wildman–Crippen MR) is 108 cm³/mol. The molecule has 0 spiro atoms. The first-order valence-electron chi connectivity index (χ1n) is 7.69. The highest BCUT2D eigenvalue weighted by atomic mass is 127. The monoisotopic (exact) mass is 439 g/mol. The number of guanidine groups is 1. The summed E-state index contributed by atoms with van der Waals surface area (Å²) < 4.78 is 5.56. The lowest BCUT2D eigenvalue weighted by Gasteiger charge is -2.15. The van der Waals surface area contributed by atoms with Crippen molar-refractivity contribution in [3.63, 3.8) is 0 Å². The van der Waals surface area contributed by atoms with Crippen LogP contribution in [-0.2, 0) is 4.74 Å². The van der Waals surface area contributed by atoms with Crippen LogP contribution in [0.4, 0.5) is 0 Å². The fourth-order valence-corrected chi connectivity index (χ4v) is 2.63. The maximum Gasteiger partial charge on any atom is 0.190 e. The number of aliphatic imine (C=N–C) groups is 1. The van der Waals surface area contributed by atoms with Crippen LogP contribution >= 0.6 is 35.3 Å². The minimum absolute atomic E-state index is 0. The van der Waals surface area contributed by atoms with Crippen molar-refractivity contribution in [1.29, 1.82) is 0 Å². The summed E-state index contributed by atoms with van der Waals surface area (Å²) in [4.78, 5) is 5.65. The molecule has 1 heterocycles. The Labute approximate surface area is 156 Å². The second-order valence-corrected chi connectivity index (χ2v) is 6.60. The van der Waals surface area contributed by atoms with Crippen molar-refractivity contribution in [1.82, 2.24) is 10.6 Å². The Morgan fingerprint density at radius 3 is 2.68 bits per heavy atom. The van der Waals surface area contributed by atoms with Crippen molar-refractivity contribution in [3.8, 4) is 0 Å². The molecule has 1 aromatic heterocycles. The highest BCUT2D eigenvalue weighted by Gasteiger charge is 2.07. The maximum atomic E-state index is 5.56. The number of halogens is 1. The molecule has 128 valence electrons. The van der Waals surface area contributed by atoms with E-state index in [4.69, 9.17) is 4.74 Å². The van der Waals surface area contributed by atoms with Crippen LogP contribution in [0.1, 0.15) is 38.0 Å². The average molecular weight is 439 g/mol. The van der Waals surface area contributed by atoms with E-state index >= 15 is 0 Å². The molecule has 0 aliphatic carbocycles. The largest absolute Gasteiger partial charge is 0.381 e. The van der Waals surface area contributed by atoms with Gasteiger partial charge in [0.05, 0.1) is 0 Å². The first kappa shape index (κ1) is 21.7. The fraction of sp³-hybridized carbons (Fsp3) is 0.688. The van der Waals surface area contributed by atoms with Crippen LogP contribution in [0.15, 0.2) is 22.5 Å². The number of nitrogens with one attached hydrogen (secondary N) is 2. The van der Waals surface area contributed by atoms with Gasteiger partial charge < -0.3 is 15.4 Å². The predicted octanol–water partition coefficient (Wildman–Crippen LogP) is 3.70. The van der Waals surface area contributed by atoms with E-state index in [0.29, 0.717) is 11.8 Å². The van der Waals surface area contributed by atoms with Gasteiger partial charge in [0.15, 0.2) is 5.96 Å². The molecular weight excluding hydrogens is 409 g/mol. The molecule has 0 aliphatic heterocycles. The third-order valence-corrected chi connectivity index (χ3v) is 4.14. The number of rotatable bonds is 9. The van der Waals surface area contributed by atoms with Crippen molar-refractivity contribution in [2.24, 2.45) is 10.9 Å². The third kappa shape index (κ3) is 9.63. The topological polar surface area (TPSA) is 45.7 Å². The standard InChI is InChI=1S/C16H29N3OS.HI/c1-13(2)12-20-9-6-8-18-16(17-4)19-11-14(3)15-7-5-10-21-15;/h5,7,10,13-14H,6,8-9,11-12H2,1-4H3,(H2,17,18,19);1H. The molecule has 0 saturated carbocycles. The smallest absolute Gasteiger partial charge is 0.190 e. The van der Waals surface area contributed by atoms with Crippen LogP contribution in [0.3, 0.4) is 0 Å². The van der Waals surface area contributed by atoms with Crippen LogP contribution in [0.2, 0.25) is 0 Å². The Hall–Kier alpha value is -0.340. The fourth-order valence-electron chi connectivity index (χ4n) is 1.84. The summed E-state index contributed by atoms with van der Waals surface area (Å²) in [7, 11) is 1.81. The zero-order chi connectivity index (χ0) is 15.5. The van der Waals surface area contributed by atoms with Crippen molar-refractivity contribution < 1.29 is 4.74 Å². The van der Waals surface area contributed by atoms with Gasteiger partial charge in [0, 0.05) is 44.1 Å². The summed E-state index contributed by atoms with van der Waals surface area (Å²) in [5.41, 5.74) is 0. The summed E-state index contributed by atoms with van der Waals surface area (Å²) in [6.07, 6.45) is 0.994. The first-order chi connectivity index (χ1) is 10.1. The summed E-state index contributed by atoms with van der Waals surface area (Å²) in [5, 5.41) is 8.81. The van der Waals surface area contributed by atoms with Gasteiger partial charge in [-0.05, 0) is 23.8 Å². The number of hydrogen-bond acceptors (Lipinski definition) is 3. The van der Waals surface area contributed by atoms with Gasteiger partial charge in [0.25, 0.3) is 0 Å². The van der Waals surface area contributed by atoms with Crippen LogP contribution in [0.25, 0.3) is 0 Å². The van der Waals surface area contributed by atoms with Crippen LogP contribution < -0.4 is 10.6 Å². The van der Waals surface area contributed by atoms with Gasteiger partial charge in [-0.1, -0.05) is 26.8 Å². The van der Waals surface area contributed by atoms with Gasteiger partial charge in [-0.3, -0.25) is 4.99 Å². The van der Waals surface area contributed by atoms with E-state index in [-0.39, 0.29) is 24.0 Å². The SMILES string of the molecule is CN=C(NCCCOCC(C)C)NCC(C)c1cccs1.I. The average Bonchev–Trinajstić information content (AvgIpc) is 2.99. The van der Waals surface area contributed by atoms with E-state index in [1.807, 2.05) is 0 Å². The van der Waals surface area contributed by atoms with E-state index in [2.05, 4.69) is 53.9 Å². The van der Waals surface area contributed by atoms with Gasteiger partial charge in [-0.25, -0.2) is 0 Å². The molecule has 0 amide bonds. The van der Waals surface area contributed by atoms with Gasteiger partial charge >= 0.3 is 0 Å². The summed E-state index contributed by atoms with van der Waals surface area (Å²) in [5.74, 6) is 1.96. The maximum absolute atomic E-state index is 5.56. The molecule has 0 aliphatic rings. The zero-order valence-corrected chi connectivity index (χ0v) is 17.2. The molecule has 1 unspecified atom stereocenters. The van der Waals surface area contributed by atoms with Crippen LogP contribution in [0.5, 0.6) is 0 Å². The van der Waals surface area contributed by atoms with E-state index in [1.165, 1.54) is 4.88 Å².